The molecule has 2 heterocycles. The molecule has 1 aliphatic rings. The number of aliphatic hydroxyl groups excluding tert-OH is 3. The van der Waals surface area contributed by atoms with Crippen LogP contribution >= 0.6 is 0 Å². The van der Waals surface area contributed by atoms with Crippen LogP contribution in [0.3, 0.4) is 0 Å². The Morgan fingerprint density at radius 2 is 1.48 bits per heavy atom. The van der Waals surface area contributed by atoms with Crippen molar-refractivity contribution in [2.24, 2.45) is 0 Å². The van der Waals surface area contributed by atoms with Gasteiger partial charge < -0.3 is 54.7 Å². The molecule has 0 radical (unpaired) electrons. The topological polar surface area (TPSA) is 211 Å². The van der Waals surface area contributed by atoms with E-state index in [1.807, 2.05) is 0 Å². The second-order valence-corrected chi connectivity index (χ2v) is 7.59. The molecule has 1 saturated heterocycles. The van der Waals surface area contributed by atoms with E-state index in [-0.39, 0.29) is 11.1 Å². The van der Waals surface area contributed by atoms with Crippen LogP contribution in [0, 0.1) is 0 Å². The minimum absolute atomic E-state index is 0.168. The van der Waals surface area contributed by atoms with E-state index in [2.05, 4.69) is 0 Å². The van der Waals surface area contributed by atoms with Crippen LogP contribution in [0.1, 0.15) is 6.92 Å². The predicted octanol–water partition coefficient (Wildman–Crippen LogP) is 0.194. The second-order valence-electron chi connectivity index (χ2n) is 7.59. The van der Waals surface area contributed by atoms with Gasteiger partial charge in [-0.25, -0.2) is 0 Å². The first kappa shape index (κ1) is 22.5. The Bertz CT molecular complexity index is 1260. The molecule has 4 rings (SSSR count). The Labute approximate surface area is 184 Å². The van der Waals surface area contributed by atoms with E-state index in [9.17, 15) is 45.6 Å². The van der Waals surface area contributed by atoms with E-state index in [1.165, 1.54) is 6.92 Å². The minimum Gasteiger partial charge on any atom is -0.508 e. The monoisotopic (exact) mass is 464 g/mol. The molecular weight excluding hydrogens is 444 g/mol. The van der Waals surface area contributed by atoms with Crippen molar-refractivity contribution in [3.63, 3.8) is 0 Å². The minimum atomic E-state index is -1.80. The number of hydrogen-bond acceptors (Lipinski definition) is 12. The SMILES string of the molecule is C[C@@H]1O[C@H](Oc2c(-c3cc(O)c(O)c(O)c3)oc3cc(O)cc(O)c3c2=O)[C@H](O)[C@@H](O)[C@@H]1O. The zero-order chi connectivity index (χ0) is 24.2. The number of hydrogen-bond donors (Lipinski definition) is 8. The van der Waals surface area contributed by atoms with Crippen molar-refractivity contribution in [2.75, 3.05) is 0 Å². The molecule has 8 N–H and O–H groups in total. The van der Waals surface area contributed by atoms with E-state index < -0.39 is 81.8 Å². The van der Waals surface area contributed by atoms with E-state index in [0.29, 0.717) is 0 Å². The number of aromatic hydroxyl groups is 5. The number of ether oxygens (including phenoxy) is 2. The van der Waals surface area contributed by atoms with Crippen molar-refractivity contribution < 1.29 is 54.7 Å². The van der Waals surface area contributed by atoms with Gasteiger partial charge in [0.25, 0.3) is 0 Å². The number of fused-ring (bicyclic) bond motifs is 1. The van der Waals surface area contributed by atoms with Crippen LogP contribution in [0.4, 0.5) is 0 Å². The molecule has 33 heavy (non-hydrogen) atoms. The van der Waals surface area contributed by atoms with Crippen molar-refractivity contribution in [1.29, 1.82) is 0 Å². The third-order valence-corrected chi connectivity index (χ3v) is 5.29. The van der Waals surface area contributed by atoms with Gasteiger partial charge in [0.2, 0.25) is 17.5 Å². The van der Waals surface area contributed by atoms with Crippen LogP contribution in [-0.2, 0) is 4.74 Å². The number of phenols is 5. The number of rotatable bonds is 3. The summed E-state index contributed by atoms with van der Waals surface area (Å²) >= 11 is 0. The summed E-state index contributed by atoms with van der Waals surface area (Å²) in [5.41, 5.74) is -1.45. The predicted molar refractivity (Wildman–Crippen MR) is 109 cm³/mol. The lowest BCUT2D eigenvalue weighted by Crippen LogP contribution is -2.58. The number of aliphatic hydroxyl groups is 3. The first-order valence-corrected chi connectivity index (χ1v) is 9.64. The third-order valence-electron chi connectivity index (χ3n) is 5.29. The standard InChI is InChI=1S/C21H20O12/c1-6-14(26)17(29)18(30)21(31-6)33-20-16(28)13-9(23)4-8(22)5-12(13)32-19(20)7-2-10(24)15(27)11(25)3-7/h2-6,14,17-18,21-27,29-30H,1H3/t6-,14+,17-,18+,21+/m0/s1. The van der Waals surface area contributed by atoms with Gasteiger partial charge in [0.05, 0.1) is 6.10 Å². The largest absolute Gasteiger partial charge is 0.508 e. The summed E-state index contributed by atoms with van der Waals surface area (Å²) in [6.45, 7) is 1.39. The highest BCUT2D eigenvalue weighted by atomic mass is 16.7. The molecule has 12 nitrogen and oxygen atoms in total. The zero-order valence-corrected chi connectivity index (χ0v) is 16.9. The van der Waals surface area contributed by atoms with Gasteiger partial charge in [0.15, 0.2) is 23.0 Å². The van der Waals surface area contributed by atoms with Crippen LogP contribution in [0.15, 0.2) is 33.5 Å². The van der Waals surface area contributed by atoms with E-state index in [4.69, 9.17) is 13.9 Å². The molecule has 5 atom stereocenters. The Balaban J connectivity index is 1.95. The average molecular weight is 464 g/mol. The van der Waals surface area contributed by atoms with Crippen LogP contribution in [-0.4, -0.2) is 71.6 Å². The lowest BCUT2D eigenvalue weighted by atomic mass is 10.00. The fourth-order valence-corrected chi connectivity index (χ4v) is 3.53. The van der Waals surface area contributed by atoms with Gasteiger partial charge in [-0.1, -0.05) is 0 Å². The zero-order valence-electron chi connectivity index (χ0n) is 16.9. The Hall–Kier alpha value is -3.71. The molecule has 0 bridgehead atoms. The summed E-state index contributed by atoms with van der Waals surface area (Å²) in [5.74, 6) is -4.55. The van der Waals surface area contributed by atoms with Crippen molar-refractivity contribution in [2.45, 2.75) is 37.6 Å². The van der Waals surface area contributed by atoms with E-state index >= 15 is 0 Å². The second kappa shape index (κ2) is 8.01. The van der Waals surface area contributed by atoms with Crippen molar-refractivity contribution in [3.8, 4) is 45.8 Å². The lowest BCUT2D eigenvalue weighted by Gasteiger charge is -2.38. The highest BCUT2D eigenvalue weighted by Crippen LogP contribution is 2.43. The molecular formula is C21H20O12. The van der Waals surface area contributed by atoms with Gasteiger partial charge in [-0.15, -0.1) is 0 Å². The molecule has 176 valence electrons. The molecule has 1 fully saturated rings. The molecule has 0 unspecified atom stereocenters. The molecule has 0 amide bonds. The first-order chi connectivity index (χ1) is 15.5. The van der Waals surface area contributed by atoms with E-state index in [1.54, 1.807) is 0 Å². The third kappa shape index (κ3) is 3.74. The molecule has 2 aromatic carbocycles. The number of phenolic OH excluding ortho intramolecular Hbond substituents is 5. The van der Waals surface area contributed by atoms with Gasteiger partial charge in [0, 0.05) is 17.7 Å². The highest BCUT2D eigenvalue weighted by molar-refractivity contribution is 5.88. The number of benzene rings is 2. The lowest BCUT2D eigenvalue weighted by molar-refractivity contribution is -0.268. The Kier molecular flexibility index (Phi) is 5.46. The quantitative estimate of drug-likeness (QED) is 0.244. The molecule has 12 heteroatoms. The smallest absolute Gasteiger partial charge is 0.239 e. The Morgan fingerprint density at radius 3 is 2.12 bits per heavy atom. The van der Waals surface area contributed by atoms with E-state index in [0.717, 1.165) is 24.3 Å². The van der Waals surface area contributed by atoms with Gasteiger partial charge in [0.1, 0.15) is 40.8 Å². The van der Waals surface area contributed by atoms with Gasteiger partial charge in [-0.05, 0) is 19.1 Å². The van der Waals surface area contributed by atoms with Crippen LogP contribution in [0.25, 0.3) is 22.3 Å². The summed E-state index contributed by atoms with van der Waals surface area (Å²) in [4.78, 5) is 13.2. The van der Waals surface area contributed by atoms with Crippen molar-refractivity contribution >= 4 is 11.0 Å². The maximum Gasteiger partial charge on any atom is 0.239 e. The summed E-state index contributed by atoms with van der Waals surface area (Å²) in [7, 11) is 0. The van der Waals surface area contributed by atoms with Crippen LogP contribution in [0.5, 0.6) is 34.5 Å². The fraction of sp³-hybridized carbons (Fsp3) is 0.286. The Morgan fingerprint density at radius 1 is 0.848 bits per heavy atom. The van der Waals surface area contributed by atoms with Gasteiger partial charge in [-0.3, -0.25) is 4.79 Å². The normalized spacial score (nSPS) is 25.3. The summed E-state index contributed by atoms with van der Waals surface area (Å²) in [6, 6.07) is 3.79. The molecule has 0 aliphatic carbocycles. The van der Waals surface area contributed by atoms with Crippen molar-refractivity contribution in [3.05, 3.63) is 34.5 Å². The fourth-order valence-electron chi connectivity index (χ4n) is 3.53. The molecule has 0 spiro atoms. The van der Waals surface area contributed by atoms with Crippen LogP contribution in [0.2, 0.25) is 0 Å². The molecule has 3 aromatic rings. The first-order valence-electron chi connectivity index (χ1n) is 9.64. The molecule has 1 aromatic heterocycles. The summed E-state index contributed by atoms with van der Waals surface area (Å²) in [5, 5.41) is 79.1. The van der Waals surface area contributed by atoms with Gasteiger partial charge >= 0.3 is 0 Å². The maximum absolute atomic E-state index is 13.2. The summed E-state index contributed by atoms with van der Waals surface area (Å²) in [6.07, 6.45) is -7.59. The molecule has 1 aliphatic heterocycles. The van der Waals surface area contributed by atoms with Crippen LogP contribution < -0.4 is 10.2 Å². The van der Waals surface area contributed by atoms with Crippen molar-refractivity contribution in [1.82, 2.24) is 0 Å². The van der Waals surface area contributed by atoms with Gasteiger partial charge in [-0.2, -0.15) is 0 Å². The molecule has 0 saturated carbocycles. The maximum atomic E-state index is 13.2. The highest BCUT2D eigenvalue weighted by Gasteiger charge is 2.44. The average Bonchev–Trinajstić information content (AvgIpc) is 2.74. The summed E-state index contributed by atoms with van der Waals surface area (Å²) < 4.78 is 16.5.